The van der Waals surface area contributed by atoms with Crippen LogP contribution in [-0.2, 0) is 6.54 Å². The molecule has 0 aliphatic carbocycles. The second-order valence-electron chi connectivity index (χ2n) is 4.14. The van der Waals surface area contributed by atoms with Gasteiger partial charge in [-0.15, -0.1) is 11.3 Å². The fourth-order valence-electron chi connectivity index (χ4n) is 1.65. The number of halogens is 2. The molecule has 2 nitrogen and oxygen atoms in total. The Labute approximate surface area is 124 Å². The molecule has 96 valence electrons. The van der Waals surface area contributed by atoms with Crippen molar-refractivity contribution in [3.05, 3.63) is 43.0 Å². The van der Waals surface area contributed by atoms with Crippen molar-refractivity contribution in [1.29, 1.82) is 0 Å². The van der Waals surface area contributed by atoms with Crippen molar-refractivity contribution in [2.75, 3.05) is 5.32 Å². The summed E-state index contributed by atoms with van der Waals surface area (Å²) < 4.78 is 1.70. The number of aromatic hydroxyl groups is 1. The quantitative estimate of drug-likeness (QED) is 0.758. The van der Waals surface area contributed by atoms with E-state index in [9.17, 15) is 5.11 Å². The Balaban J connectivity index is 2.13. The first-order valence-electron chi connectivity index (χ1n) is 5.45. The molecule has 18 heavy (non-hydrogen) atoms. The van der Waals surface area contributed by atoms with Crippen LogP contribution in [0.3, 0.4) is 0 Å². The van der Waals surface area contributed by atoms with E-state index in [4.69, 9.17) is 11.6 Å². The lowest BCUT2D eigenvalue weighted by atomic mass is 10.1. The maximum absolute atomic E-state index is 9.60. The zero-order valence-corrected chi connectivity index (χ0v) is 13.2. The van der Waals surface area contributed by atoms with Gasteiger partial charge in [-0.05, 0) is 59.1 Å². The highest BCUT2D eigenvalue weighted by Gasteiger charge is 2.06. The van der Waals surface area contributed by atoms with E-state index < -0.39 is 0 Å². The molecule has 1 aromatic carbocycles. The molecule has 1 heterocycles. The second-order valence-corrected chi connectivity index (χ2v) is 6.73. The number of anilines is 1. The molecule has 2 aromatic rings. The van der Waals surface area contributed by atoms with Crippen LogP contribution >= 0.6 is 38.9 Å². The summed E-state index contributed by atoms with van der Waals surface area (Å²) in [4.78, 5) is 1.16. The number of hydrogen-bond donors (Lipinski definition) is 2. The molecule has 0 saturated carbocycles. The zero-order valence-electron chi connectivity index (χ0n) is 10.1. The van der Waals surface area contributed by atoms with Crippen LogP contribution in [0.2, 0.25) is 4.34 Å². The number of aryl methyl sites for hydroxylation is 2. The Hall–Kier alpha value is -0.710. The van der Waals surface area contributed by atoms with Gasteiger partial charge in [-0.1, -0.05) is 11.6 Å². The number of phenolic OH excluding ortho intramolecular Hbond substituents is 1. The Kier molecular flexibility index (Phi) is 4.20. The molecule has 0 unspecified atom stereocenters. The minimum absolute atomic E-state index is 0.333. The number of rotatable bonds is 3. The first-order valence-corrected chi connectivity index (χ1v) is 7.44. The Morgan fingerprint density at radius 3 is 2.61 bits per heavy atom. The number of benzene rings is 1. The standard InChI is InChI=1S/C13H13BrClNOS/c1-7-4-12(17)8(2)3-11(7)16-6-9-5-10(14)13(15)18-9/h3-5,16-17H,6H2,1-2H3. The van der Waals surface area contributed by atoms with Crippen molar-refractivity contribution in [2.45, 2.75) is 20.4 Å². The summed E-state index contributed by atoms with van der Waals surface area (Å²) in [5, 5.41) is 13.0. The van der Waals surface area contributed by atoms with Gasteiger partial charge in [-0.3, -0.25) is 0 Å². The van der Waals surface area contributed by atoms with E-state index >= 15 is 0 Å². The van der Waals surface area contributed by atoms with Gasteiger partial charge in [0, 0.05) is 21.6 Å². The highest BCUT2D eigenvalue weighted by Crippen LogP contribution is 2.33. The van der Waals surface area contributed by atoms with E-state index in [0.717, 1.165) is 37.0 Å². The summed E-state index contributed by atoms with van der Waals surface area (Å²) in [6.45, 7) is 4.58. The van der Waals surface area contributed by atoms with Crippen molar-refractivity contribution >= 4 is 44.6 Å². The fourth-order valence-corrected chi connectivity index (χ4v) is 3.38. The minimum Gasteiger partial charge on any atom is -0.508 e. The maximum atomic E-state index is 9.60. The van der Waals surface area contributed by atoms with E-state index in [-0.39, 0.29) is 0 Å². The zero-order chi connectivity index (χ0) is 13.3. The van der Waals surface area contributed by atoms with Crippen molar-refractivity contribution < 1.29 is 5.11 Å². The van der Waals surface area contributed by atoms with Gasteiger partial charge in [-0.2, -0.15) is 0 Å². The lowest BCUT2D eigenvalue weighted by Crippen LogP contribution is -1.99. The molecule has 2 N–H and O–H groups in total. The Bertz CT molecular complexity index is 563. The van der Waals surface area contributed by atoms with Crippen LogP contribution in [0.5, 0.6) is 5.75 Å². The van der Waals surface area contributed by atoms with Gasteiger partial charge in [0.2, 0.25) is 0 Å². The van der Waals surface area contributed by atoms with Crippen molar-refractivity contribution in [2.24, 2.45) is 0 Å². The molecular weight excluding hydrogens is 334 g/mol. The third kappa shape index (κ3) is 2.99. The summed E-state index contributed by atoms with van der Waals surface area (Å²) in [6.07, 6.45) is 0. The topological polar surface area (TPSA) is 32.3 Å². The van der Waals surface area contributed by atoms with Gasteiger partial charge in [0.25, 0.3) is 0 Å². The van der Waals surface area contributed by atoms with E-state index in [0.29, 0.717) is 5.75 Å². The molecule has 0 aliphatic heterocycles. The first kappa shape index (κ1) is 13.7. The number of nitrogens with one attached hydrogen (secondary N) is 1. The maximum Gasteiger partial charge on any atom is 0.118 e. The molecule has 0 radical (unpaired) electrons. The van der Waals surface area contributed by atoms with Gasteiger partial charge < -0.3 is 10.4 Å². The second kappa shape index (κ2) is 5.51. The van der Waals surface area contributed by atoms with Crippen LogP contribution in [0.25, 0.3) is 0 Å². The lowest BCUT2D eigenvalue weighted by molar-refractivity contribution is 0.471. The number of hydrogen-bond acceptors (Lipinski definition) is 3. The molecule has 1 aromatic heterocycles. The van der Waals surface area contributed by atoms with E-state index in [1.54, 1.807) is 17.4 Å². The third-order valence-corrected chi connectivity index (χ3v) is 5.17. The third-order valence-electron chi connectivity index (χ3n) is 2.69. The Morgan fingerprint density at radius 1 is 1.28 bits per heavy atom. The summed E-state index contributed by atoms with van der Waals surface area (Å²) in [7, 11) is 0. The van der Waals surface area contributed by atoms with Crippen LogP contribution in [0.15, 0.2) is 22.7 Å². The fraction of sp³-hybridized carbons (Fsp3) is 0.231. The average molecular weight is 347 g/mol. The number of thiophene rings is 1. The molecule has 0 bridgehead atoms. The van der Waals surface area contributed by atoms with Gasteiger partial charge in [0.15, 0.2) is 0 Å². The molecule has 0 fully saturated rings. The molecule has 0 atom stereocenters. The molecule has 0 spiro atoms. The Morgan fingerprint density at radius 2 is 2.00 bits per heavy atom. The summed E-state index contributed by atoms with van der Waals surface area (Å²) in [5.41, 5.74) is 2.93. The SMILES string of the molecule is Cc1cc(NCc2cc(Br)c(Cl)s2)c(C)cc1O. The van der Waals surface area contributed by atoms with E-state index in [1.165, 1.54) is 0 Å². The normalized spacial score (nSPS) is 10.7. The van der Waals surface area contributed by atoms with Gasteiger partial charge in [0.05, 0.1) is 0 Å². The van der Waals surface area contributed by atoms with Crippen molar-refractivity contribution in [1.82, 2.24) is 0 Å². The van der Waals surface area contributed by atoms with Crippen molar-refractivity contribution in [3.63, 3.8) is 0 Å². The molecule has 2 rings (SSSR count). The highest BCUT2D eigenvalue weighted by atomic mass is 79.9. The monoisotopic (exact) mass is 345 g/mol. The molecule has 5 heteroatoms. The van der Waals surface area contributed by atoms with Crippen LogP contribution in [-0.4, -0.2) is 5.11 Å². The van der Waals surface area contributed by atoms with Gasteiger partial charge in [0.1, 0.15) is 10.1 Å². The molecule has 0 amide bonds. The molecule has 0 saturated heterocycles. The summed E-state index contributed by atoms with van der Waals surface area (Å²) >= 11 is 10.9. The average Bonchev–Trinajstić information content (AvgIpc) is 2.62. The van der Waals surface area contributed by atoms with E-state index in [2.05, 4.69) is 21.2 Å². The van der Waals surface area contributed by atoms with Gasteiger partial charge >= 0.3 is 0 Å². The molecular formula is C13H13BrClNOS. The number of phenols is 1. The predicted octanol–water partition coefficient (Wildman–Crippen LogP) is 5.10. The highest BCUT2D eigenvalue weighted by molar-refractivity contribution is 9.10. The van der Waals surface area contributed by atoms with Crippen LogP contribution in [0.1, 0.15) is 16.0 Å². The largest absolute Gasteiger partial charge is 0.508 e. The minimum atomic E-state index is 0.333. The van der Waals surface area contributed by atoms with Gasteiger partial charge in [-0.25, -0.2) is 0 Å². The summed E-state index contributed by atoms with van der Waals surface area (Å²) in [5.74, 6) is 0.333. The predicted molar refractivity (Wildman–Crippen MR) is 81.9 cm³/mol. The van der Waals surface area contributed by atoms with Crippen LogP contribution < -0.4 is 5.32 Å². The first-order chi connectivity index (χ1) is 8.47. The smallest absolute Gasteiger partial charge is 0.118 e. The van der Waals surface area contributed by atoms with Crippen molar-refractivity contribution in [3.8, 4) is 5.75 Å². The molecule has 0 aliphatic rings. The summed E-state index contributed by atoms with van der Waals surface area (Å²) in [6, 6.07) is 5.74. The lowest BCUT2D eigenvalue weighted by Gasteiger charge is -2.10. The van der Waals surface area contributed by atoms with E-state index in [1.807, 2.05) is 26.0 Å². The van der Waals surface area contributed by atoms with Crippen LogP contribution in [0, 0.1) is 13.8 Å². The van der Waals surface area contributed by atoms with Crippen LogP contribution in [0.4, 0.5) is 5.69 Å².